The molecule has 0 heterocycles. The number of nitrogens with zero attached hydrogens (tertiary/aromatic N) is 1. The molecule has 0 aromatic rings. The van der Waals surface area contributed by atoms with E-state index in [0.29, 0.717) is 31.7 Å². The van der Waals surface area contributed by atoms with Gasteiger partial charge in [-0.15, -0.1) is 0 Å². The molecule has 1 rings (SSSR count). The topological polar surface area (TPSA) is 75.4 Å². The molecule has 5 nitrogen and oxygen atoms in total. The van der Waals surface area contributed by atoms with Crippen molar-refractivity contribution in [2.24, 2.45) is 11.7 Å². The normalized spacial score (nSPS) is 22.8. The third kappa shape index (κ3) is 4.64. The van der Waals surface area contributed by atoms with Crippen LogP contribution >= 0.6 is 0 Å². The standard InChI is InChI=1S/C13H25N3O2/c1-16(2)13(18)8-4-7-12(17)15-11-6-3-5-10(11)9-14/h10-11H,3-9,14H2,1-2H3,(H,15,17). The lowest BCUT2D eigenvalue weighted by atomic mass is 10.0. The first-order valence-electron chi connectivity index (χ1n) is 6.74. The van der Waals surface area contributed by atoms with Gasteiger partial charge in [0.15, 0.2) is 0 Å². The van der Waals surface area contributed by atoms with Crippen molar-refractivity contribution in [2.75, 3.05) is 20.6 Å². The first-order chi connectivity index (χ1) is 8.54. The van der Waals surface area contributed by atoms with Crippen LogP contribution in [0.15, 0.2) is 0 Å². The molecule has 0 spiro atoms. The quantitative estimate of drug-likeness (QED) is 0.725. The summed E-state index contributed by atoms with van der Waals surface area (Å²) in [5.41, 5.74) is 5.67. The second kappa shape index (κ2) is 7.36. The van der Waals surface area contributed by atoms with E-state index >= 15 is 0 Å². The SMILES string of the molecule is CN(C)C(=O)CCCC(=O)NC1CCCC1CN. The van der Waals surface area contributed by atoms with E-state index in [0.717, 1.165) is 19.3 Å². The van der Waals surface area contributed by atoms with Crippen molar-refractivity contribution >= 4 is 11.8 Å². The zero-order valence-electron chi connectivity index (χ0n) is 11.4. The maximum atomic E-state index is 11.7. The fourth-order valence-electron chi connectivity index (χ4n) is 2.41. The summed E-state index contributed by atoms with van der Waals surface area (Å²) in [4.78, 5) is 24.6. The molecule has 2 atom stereocenters. The molecule has 104 valence electrons. The smallest absolute Gasteiger partial charge is 0.222 e. The molecule has 1 fully saturated rings. The van der Waals surface area contributed by atoms with Crippen molar-refractivity contribution in [3.05, 3.63) is 0 Å². The van der Waals surface area contributed by atoms with Gasteiger partial charge < -0.3 is 16.0 Å². The van der Waals surface area contributed by atoms with Crippen molar-refractivity contribution in [3.8, 4) is 0 Å². The lowest BCUT2D eigenvalue weighted by Crippen LogP contribution is -2.39. The Labute approximate surface area is 109 Å². The van der Waals surface area contributed by atoms with Gasteiger partial charge in [0.25, 0.3) is 0 Å². The molecule has 0 bridgehead atoms. The van der Waals surface area contributed by atoms with Crippen LogP contribution in [0.2, 0.25) is 0 Å². The third-order valence-corrected chi connectivity index (χ3v) is 3.60. The Balaban J connectivity index is 2.19. The van der Waals surface area contributed by atoms with Gasteiger partial charge in [0.1, 0.15) is 0 Å². The van der Waals surface area contributed by atoms with E-state index in [1.165, 1.54) is 0 Å². The van der Waals surface area contributed by atoms with Crippen molar-refractivity contribution in [1.82, 2.24) is 10.2 Å². The molecule has 18 heavy (non-hydrogen) atoms. The second-order valence-electron chi connectivity index (χ2n) is 5.24. The Morgan fingerprint density at radius 1 is 1.28 bits per heavy atom. The molecule has 5 heteroatoms. The van der Waals surface area contributed by atoms with E-state index in [2.05, 4.69) is 5.32 Å². The molecule has 1 saturated carbocycles. The number of rotatable bonds is 6. The van der Waals surface area contributed by atoms with Crippen molar-refractivity contribution < 1.29 is 9.59 Å². The third-order valence-electron chi connectivity index (χ3n) is 3.60. The maximum absolute atomic E-state index is 11.7. The van der Waals surface area contributed by atoms with Gasteiger partial charge in [0.2, 0.25) is 11.8 Å². The van der Waals surface area contributed by atoms with Gasteiger partial charge in [0.05, 0.1) is 0 Å². The van der Waals surface area contributed by atoms with Crippen LogP contribution in [0.4, 0.5) is 0 Å². The average molecular weight is 255 g/mol. The number of hydrogen-bond acceptors (Lipinski definition) is 3. The van der Waals surface area contributed by atoms with Gasteiger partial charge in [-0.1, -0.05) is 6.42 Å². The summed E-state index contributed by atoms with van der Waals surface area (Å²) in [6.45, 7) is 0.643. The van der Waals surface area contributed by atoms with Crippen LogP contribution in [-0.4, -0.2) is 43.4 Å². The summed E-state index contributed by atoms with van der Waals surface area (Å²) in [5.74, 6) is 0.549. The minimum absolute atomic E-state index is 0.0481. The predicted octanol–water partition coefficient (Wildman–Crippen LogP) is 0.489. The molecule has 1 aliphatic carbocycles. The Kier molecular flexibility index (Phi) is 6.12. The van der Waals surface area contributed by atoms with E-state index < -0.39 is 0 Å². The van der Waals surface area contributed by atoms with Gasteiger partial charge in [-0.05, 0) is 31.7 Å². The summed E-state index contributed by atoms with van der Waals surface area (Å²) >= 11 is 0. The number of nitrogens with one attached hydrogen (secondary N) is 1. The minimum Gasteiger partial charge on any atom is -0.353 e. The van der Waals surface area contributed by atoms with Crippen molar-refractivity contribution in [2.45, 2.75) is 44.6 Å². The molecule has 0 radical (unpaired) electrons. The Morgan fingerprint density at radius 2 is 2.00 bits per heavy atom. The molecule has 1 aliphatic rings. The number of amides is 2. The summed E-state index contributed by atoms with van der Waals surface area (Å²) in [6, 6.07) is 0.243. The fourth-order valence-corrected chi connectivity index (χ4v) is 2.41. The monoisotopic (exact) mass is 255 g/mol. The number of carbonyl (C=O) groups excluding carboxylic acids is 2. The molecule has 2 unspecified atom stereocenters. The summed E-state index contributed by atoms with van der Waals surface area (Å²) < 4.78 is 0. The van der Waals surface area contributed by atoms with Gasteiger partial charge in [-0.3, -0.25) is 9.59 Å². The lowest BCUT2D eigenvalue weighted by Gasteiger charge is -2.19. The highest BCUT2D eigenvalue weighted by Crippen LogP contribution is 2.24. The van der Waals surface area contributed by atoms with Crippen LogP contribution in [-0.2, 0) is 9.59 Å². The fraction of sp³-hybridized carbons (Fsp3) is 0.846. The highest BCUT2D eigenvalue weighted by atomic mass is 16.2. The summed E-state index contributed by atoms with van der Waals surface area (Å²) in [6.07, 6.45) is 4.76. The van der Waals surface area contributed by atoms with Crippen molar-refractivity contribution in [3.63, 3.8) is 0 Å². The zero-order valence-corrected chi connectivity index (χ0v) is 11.4. The summed E-state index contributed by atoms with van der Waals surface area (Å²) in [7, 11) is 3.46. The van der Waals surface area contributed by atoms with Gasteiger partial charge in [0, 0.05) is 33.0 Å². The summed E-state index contributed by atoms with van der Waals surface area (Å²) in [5, 5.41) is 3.04. The number of carbonyl (C=O) groups is 2. The largest absolute Gasteiger partial charge is 0.353 e. The molecule has 2 amide bonds. The average Bonchev–Trinajstić information content (AvgIpc) is 2.75. The van der Waals surface area contributed by atoms with Gasteiger partial charge in [-0.25, -0.2) is 0 Å². The Hall–Kier alpha value is -1.10. The van der Waals surface area contributed by atoms with Crippen LogP contribution in [0, 0.1) is 5.92 Å². The van der Waals surface area contributed by atoms with E-state index in [1.54, 1.807) is 19.0 Å². The van der Waals surface area contributed by atoms with Gasteiger partial charge in [-0.2, -0.15) is 0 Å². The van der Waals surface area contributed by atoms with Crippen LogP contribution in [0.1, 0.15) is 38.5 Å². The highest BCUT2D eigenvalue weighted by molar-refractivity contribution is 5.78. The van der Waals surface area contributed by atoms with Crippen molar-refractivity contribution in [1.29, 1.82) is 0 Å². The molecule has 0 aromatic carbocycles. The van der Waals surface area contributed by atoms with E-state index in [-0.39, 0.29) is 17.9 Å². The van der Waals surface area contributed by atoms with E-state index in [1.807, 2.05) is 0 Å². The Bertz CT molecular complexity index is 292. The van der Waals surface area contributed by atoms with Crippen LogP contribution in [0.25, 0.3) is 0 Å². The first-order valence-corrected chi connectivity index (χ1v) is 6.74. The number of hydrogen-bond donors (Lipinski definition) is 2. The predicted molar refractivity (Wildman–Crippen MR) is 70.9 cm³/mol. The van der Waals surface area contributed by atoms with Crippen LogP contribution < -0.4 is 11.1 Å². The van der Waals surface area contributed by atoms with Gasteiger partial charge >= 0.3 is 0 Å². The lowest BCUT2D eigenvalue weighted by molar-refractivity contribution is -0.129. The minimum atomic E-state index is 0.0481. The zero-order chi connectivity index (χ0) is 13.5. The Morgan fingerprint density at radius 3 is 2.61 bits per heavy atom. The first kappa shape index (κ1) is 15.0. The molecule has 0 saturated heterocycles. The molecule has 0 aliphatic heterocycles. The molecular formula is C13H25N3O2. The van der Waals surface area contributed by atoms with E-state index in [4.69, 9.17) is 5.73 Å². The maximum Gasteiger partial charge on any atom is 0.222 e. The number of nitrogens with two attached hydrogens (primary N) is 1. The molecular weight excluding hydrogens is 230 g/mol. The van der Waals surface area contributed by atoms with E-state index in [9.17, 15) is 9.59 Å². The molecule has 0 aromatic heterocycles. The van der Waals surface area contributed by atoms with Crippen LogP contribution in [0.5, 0.6) is 0 Å². The second-order valence-corrected chi connectivity index (χ2v) is 5.24. The molecule has 3 N–H and O–H groups in total. The van der Waals surface area contributed by atoms with Crippen LogP contribution in [0.3, 0.4) is 0 Å². The highest BCUT2D eigenvalue weighted by Gasteiger charge is 2.26.